The SMILES string of the molecule is Cc1nc2c(n1CCO)CCC(NC(=O)C1(C(=O)O)CCCCCC1)C2. The number of amides is 1. The number of nitrogens with zero attached hydrogens (tertiary/aromatic N) is 2. The van der Waals surface area contributed by atoms with Crippen LogP contribution in [0.4, 0.5) is 0 Å². The Hall–Kier alpha value is -1.89. The van der Waals surface area contributed by atoms with Crippen molar-refractivity contribution in [1.82, 2.24) is 14.9 Å². The molecule has 0 bridgehead atoms. The molecule has 0 radical (unpaired) electrons. The summed E-state index contributed by atoms with van der Waals surface area (Å²) in [6, 6.07) is -0.0774. The van der Waals surface area contributed by atoms with E-state index >= 15 is 0 Å². The van der Waals surface area contributed by atoms with Crippen LogP contribution >= 0.6 is 0 Å². The summed E-state index contributed by atoms with van der Waals surface area (Å²) in [6.07, 6.45) is 6.60. The average molecular weight is 363 g/mol. The fourth-order valence-corrected chi connectivity index (χ4v) is 4.47. The molecule has 1 amide bonds. The fraction of sp³-hybridized carbons (Fsp3) is 0.737. The molecule has 1 aromatic rings. The summed E-state index contributed by atoms with van der Waals surface area (Å²) in [7, 11) is 0. The Morgan fingerprint density at radius 3 is 2.58 bits per heavy atom. The van der Waals surface area contributed by atoms with Gasteiger partial charge in [-0.15, -0.1) is 0 Å². The van der Waals surface area contributed by atoms with Crippen molar-refractivity contribution in [3.05, 3.63) is 17.2 Å². The van der Waals surface area contributed by atoms with Gasteiger partial charge in [0, 0.05) is 24.7 Å². The van der Waals surface area contributed by atoms with Crippen LogP contribution in [0.1, 0.15) is 62.2 Å². The Kier molecular flexibility index (Phi) is 5.65. The highest BCUT2D eigenvalue weighted by molar-refractivity contribution is 6.02. The second-order valence-electron chi connectivity index (χ2n) is 7.64. The number of aliphatic carboxylic acids is 1. The number of aliphatic hydroxyl groups excluding tert-OH is 1. The predicted molar refractivity (Wildman–Crippen MR) is 95.8 cm³/mol. The van der Waals surface area contributed by atoms with E-state index in [1.807, 2.05) is 11.5 Å². The molecule has 0 aromatic carbocycles. The zero-order chi connectivity index (χ0) is 18.7. The van der Waals surface area contributed by atoms with Crippen LogP contribution in [0.3, 0.4) is 0 Å². The molecule has 1 fully saturated rings. The number of aliphatic hydroxyl groups is 1. The lowest BCUT2D eigenvalue weighted by molar-refractivity contribution is -0.157. The minimum absolute atomic E-state index is 0.0743. The highest BCUT2D eigenvalue weighted by Crippen LogP contribution is 2.36. The van der Waals surface area contributed by atoms with Crippen LogP contribution in [0.15, 0.2) is 0 Å². The number of carbonyl (C=O) groups is 2. The standard InChI is InChI=1S/C19H29N3O4/c1-13-20-15-12-14(6-7-16(15)22(13)10-11-23)21-17(24)19(18(25)26)8-4-2-3-5-9-19/h14,23H,2-12H2,1H3,(H,21,24)(H,25,26). The number of hydrogen-bond donors (Lipinski definition) is 3. The third-order valence-electron chi connectivity index (χ3n) is 5.98. The van der Waals surface area contributed by atoms with Gasteiger partial charge in [-0.25, -0.2) is 4.98 Å². The molecule has 144 valence electrons. The second-order valence-corrected chi connectivity index (χ2v) is 7.64. The van der Waals surface area contributed by atoms with Gasteiger partial charge in [-0.2, -0.15) is 0 Å². The van der Waals surface area contributed by atoms with Gasteiger partial charge in [0.05, 0.1) is 12.3 Å². The molecule has 1 heterocycles. The first-order chi connectivity index (χ1) is 12.5. The highest BCUT2D eigenvalue weighted by atomic mass is 16.4. The van der Waals surface area contributed by atoms with Crippen LogP contribution in [0.5, 0.6) is 0 Å². The molecule has 1 atom stereocenters. The molecule has 0 spiro atoms. The molecule has 0 saturated heterocycles. The smallest absolute Gasteiger partial charge is 0.319 e. The first-order valence-corrected chi connectivity index (χ1v) is 9.68. The fourth-order valence-electron chi connectivity index (χ4n) is 4.47. The predicted octanol–water partition coefficient (Wildman–Crippen LogP) is 1.58. The zero-order valence-corrected chi connectivity index (χ0v) is 15.5. The summed E-state index contributed by atoms with van der Waals surface area (Å²) in [5.41, 5.74) is 0.811. The second kappa shape index (κ2) is 7.78. The maximum atomic E-state index is 12.9. The van der Waals surface area contributed by atoms with Crippen LogP contribution in [0.2, 0.25) is 0 Å². The number of rotatable bonds is 5. The maximum absolute atomic E-state index is 12.9. The summed E-state index contributed by atoms with van der Waals surface area (Å²) in [4.78, 5) is 29.4. The van der Waals surface area contributed by atoms with Crippen molar-refractivity contribution in [2.75, 3.05) is 6.61 Å². The van der Waals surface area contributed by atoms with E-state index in [9.17, 15) is 19.8 Å². The number of aromatic nitrogens is 2. The molecule has 3 N–H and O–H groups in total. The van der Waals surface area contributed by atoms with Gasteiger partial charge < -0.3 is 20.1 Å². The van der Waals surface area contributed by atoms with Crippen molar-refractivity contribution in [3.8, 4) is 0 Å². The molecule has 7 nitrogen and oxygen atoms in total. The van der Waals surface area contributed by atoms with Crippen molar-refractivity contribution >= 4 is 11.9 Å². The van der Waals surface area contributed by atoms with Crippen molar-refractivity contribution < 1.29 is 19.8 Å². The van der Waals surface area contributed by atoms with E-state index in [0.717, 1.165) is 55.7 Å². The first-order valence-electron chi connectivity index (χ1n) is 9.68. The number of imidazole rings is 1. The highest BCUT2D eigenvalue weighted by Gasteiger charge is 2.46. The van der Waals surface area contributed by atoms with E-state index in [0.29, 0.717) is 25.8 Å². The molecular weight excluding hydrogens is 334 g/mol. The number of nitrogens with one attached hydrogen (secondary N) is 1. The third-order valence-corrected chi connectivity index (χ3v) is 5.98. The number of hydrogen-bond acceptors (Lipinski definition) is 4. The minimum atomic E-state index is -1.27. The van der Waals surface area contributed by atoms with E-state index in [1.165, 1.54) is 0 Å². The van der Waals surface area contributed by atoms with Gasteiger partial charge in [0.25, 0.3) is 0 Å². The lowest BCUT2D eigenvalue weighted by Gasteiger charge is -2.31. The number of fused-ring (bicyclic) bond motifs is 1. The minimum Gasteiger partial charge on any atom is -0.480 e. The van der Waals surface area contributed by atoms with Gasteiger partial charge in [0.15, 0.2) is 0 Å². The number of carbonyl (C=O) groups excluding carboxylic acids is 1. The molecule has 2 aliphatic rings. The van der Waals surface area contributed by atoms with E-state index in [1.54, 1.807) is 0 Å². The maximum Gasteiger partial charge on any atom is 0.319 e. The third kappa shape index (κ3) is 3.49. The van der Waals surface area contributed by atoms with Crippen LogP contribution in [0.25, 0.3) is 0 Å². The average Bonchev–Trinajstić information content (AvgIpc) is 2.78. The van der Waals surface area contributed by atoms with Gasteiger partial charge in [0.1, 0.15) is 11.2 Å². The Morgan fingerprint density at radius 2 is 1.96 bits per heavy atom. The van der Waals surface area contributed by atoms with E-state index < -0.39 is 11.4 Å². The van der Waals surface area contributed by atoms with Gasteiger partial charge in [0.2, 0.25) is 5.91 Å². The van der Waals surface area contributed by atoms with Gasteiger partial charge >= 0.3 is 5.97 Å². The van der Waals surface area contributed by atoms with E-state index in [-0.39, 0.29) is 18.6 Å². The Bertz CT molecular complexity index is 675. The van der Waals surface area contributed by atoms with Crippen molar-refractivity contribution in [1.29, 1.82) is 0 Å². The lowest BCUT2D eigenvalue weighted by Crippen LogP contribution is -2.51. The van der Waals surface area contributed by atoms with Crippen molar-refractivity contribution in [2.45, 2.75) is 77.3 Å². The molecule has 1 saturated carbocycles. The molecule has 26 heavy (non-hydrogen) atoms. The largest absolute Gasteiger partial charge is 0.480 e. The molecule has 7 heteroatoms. The zero-order valence-electron chi connectivity index (χ0n) is 15.5. The van der Waals surface area contributed by atoms with E-state index in [2.05, 4.69) is 10.3 Å². The van der Waals surface area contributed by atoms with Crippen LogP contribution in [-0.2, 0) is 29.0 Å². The normalized spacial score (nSPS) is 22.3. The van der Waals surface area contributed by atoms with Crippen molar-refractivity contribution in [3.63, 3.8) is 0 Å². The summed E-state index contributed by atoms with van der Waals surface area (Å²) >= 11 is 0. The molecule has 0 aliphatic heterocycles. The van der Waals surface area contributed by atoms with E-state index in [4.69, 9.17) is 0 Å². The summed E-state index contributed by atoms with van der Waals surface area (Å²) in [6.45, 7) is 2.53. The molecule has 3 rings (SSSR count). The molecule has 1 unspecified atom stereocenters. The summed E-state index contributed by atoms with van der Waals surface area (Å²) in [5.74, 6) is -0.440. The van der Waals surface area contributed by atoms with Crippen LogP contribution in [0, 0.1) is 12.3 Å². The van der Waals surface area contributed by atoms with Gasteiger partial charge in [-0.05, 0) is 32.6 Å². The van der Waals surface area contributed by atoms with Crippen molar-refractivity contribution in [2.24, 2.45) is 5.41 Å². The van der Waals surface area contributed by atoms with Crippen LogP contribution < -0.4 is 5.32 Å². The van der Waals surface area contributed by atoms with Crippen LogP contribution in [-0.4, -0.2) is 44.3 Å². The number of aryl methyl sites for hydroxylation is 1. The quantitative estimate of drug-likeness (QED) is 0.544. The summed E-state index contributed by atoms with van der Waals surface area (Å²) < 4.78 is 2.04. The number of carboxylic acid groups (broad SMARTS) is 1. The molecular formula is C19H29N3O4. The van der Waals surface area contributed by atoms with Gasteiger partial charge in [-0.1, -0.05) is 25.7 Å². The topological polar surface area (TPSA) is 104 Å². The Morgan fingerprint density at radius 1 is 1.27 bits per heavy atom. The first kappa shape index (κ1) is 18.9. The number of carboxylic acids is 1. The Balaban J connectivity index is 1.72. The van der Waals surface area contributed by atoms with Gasteiger partial charge in [-0.3, -0.25) is 9.59 Å². The molecule has 1 aromatic heterocycles. The summed E-state index contributed by atoms with van der Waals surface area (Å²) in [5, 5.41) is 22.0. The monoisotopic (exact) mass is 363 g/mol. The molecule has 2 aliphatic carbocycles. The lowest BCUT2D eigenvalue weighted by atomic mass is 9.79. The Labute approximate surface area is 153 Å².